The van der Waals surface area contributed by atoms with E-state index in [1.807, 2.05) is 29.9 Å². The third-order valence-electron chi connectivity index (χ3n) is 5.29. The summed E-state index contributed by atoms with van der Waals surface area (Å²) < 4.78 is 3.63. The number of aromatic nitrogens is 5. The maximum absolute atomic E-state index is 12.7. The van der Waals surface area contributed by atoms with Gasteiger partial charge in [0.05, 0.1) is 36.9 Å². The molecule has 29 heavy (non-hydrogen) atoms. The fourth-order valence-corrected chi connectivity index (χ4v) is 3.55. The normalized spacial score (nSPS) is 14.9. The van der Waals surface area contributed by atoms with Crippen molar-refractivity contribution in [2.24, 2.45) is 13.0 Å². The van der Waals surface area contributed by atoms with Gasteiger partial charge in [-0.1, -0.05) is 17.3 Å². The maximum Gasteiger partial charge on any atom is 0.306 e. The van der Waals surface area contributed by atoms with Crippen molar-refractivity contribution in [1.29, 1.82) is 0 Å². The Morgan fingerprint density at radius 1 is 1.17 bits per heavy atom. The molecule has 0 bridgehead atoms. The highest BCUT2D eigenvalue weighted by atomic mass is 16.4. The summed E-state index contributed by atoms with van der Waals surface area (Å²) in [6.45, 7) is 1.50. The molecule has 1 aliphatic heterocycles. The lowest BCUT2D eigenvalue weighted by Gasteiger charge is -2.30. The van der Waals surface area contributed by atoms with Crippen molar-refractivity contribution in [1.82, 2.24) is 29.4 Å². The first-order chi connectivity index (χ1) is 14.0. The lowest BCUT2D eigenvalue weighted by Crippen LogP contribution is -2.40. The molecule has 0 radical (unpaired) electrons. The number of aliphatic carboxylic acids is 1. The van der Waals surface area contributed by atoms with Crippen LogP contribution < -0.4 is 0 Å². The Kier molecular flexibility index (Phi) is 5.11. The molecule has 0 aliphatic carbocycles. The average molecular weight is 394 g/mol. The van der Waals surface area contributed by atoms with Gasteiger partial charge in [0.2, 0.25) is 0 Å². The van der Waals surface area contributed by atoms with Crippen molar-refractivity contribution in [3.8, 4) is 11.4 Å². The van der Waals surface area contributed by atoms with Crippen molar-refractivity contribution in [2.75, 3.05) is 13.1 Å². The van der Waals surface area contributed by atoms with Gasteiger partial charge in [0.15, 0.2) is 0 Å². The number of rotatable bonds is 5. The summed E-state index contributed by atoms with van der Waals surface area (Å²) in [7, 11) is 1.90. The average Bonchev–Trinajstić information content (AvgIpc) is 3.36. The molecule has 4 rings (SSSR count). The third kappa shape index (κ3) is 4.03. The highest BCUT2D eigenvalue weighted by Crippen LogP contribution is 2.20. The molecule has 150 valence electrons. The molecule has 1 amide bonds. The van der Waals surface area contributed by atoms with E-state index in [1.54, 1.807) is 34.2 Å². The number of carbonyl (C=O) groups excluding carboxylic acids is 1. The van der Waals surface area contributed by atoms with E-state index < -0.39 is 5.97 Å². The van der Waals surface area contributed by atoms with Crippen LogP contribution in [0.25, 0.3) is 11.4 Å². The summed E-state index contributed by atoms with van der Waals surface area (Å²) in [5.74, 6) is -1.18. The molecule has 1 fully saturated rings. The lowest BCUT2D eigenvalue weighted by atomic mass is 9.96. The quantitative estimate of drug-likeness (QED) is 0.705. The number of hydrogen-bond donors (Lipinski definition) is 1. The van der Waals surface area contributed by atoms with Crippen LogP contribution >= 0.6 is 0 Å². The second-order valence-electron chi connectivity index (χ2n) is 7.29. The van der Waals surface area contributed by atoms with Crippen LogP contribution in [0.3, 0.4) is 0 Å². The summed E-state index contributed by atoms with van der Waals surface area (Å²) in [4.78, 5) is 29.5. The van der Waals surface area contributed by atoms with Crippen LogP contribution in [0.15, 0.2) is 43.0 Å². The Morgan fingerprint density at radius 3 is 2.52 bits per heavy atom. The standard InChI is InChI=1S/C20H22N6O3/c1-24-13-21-10-18(24)17-12-26(23-22-17)11-14-2-4-15(5-3-14)19(27)25-8-6-16(7-9-25)20(28)29/h2-5,10,12-13,16H,6-9,11H2,1H3,(H,28,29). The van der Waals surface area contributed by atoms with Gasteiger partial charge in [-0.2, -0.15) is 0 Å². The molecule has 1 N–H and O–H groups in total. The number of carboxylic acid groups (broad SMARTS) is 1. The van der Waals surface area contributed by atoms with Crippen LogP contribution in [0, 0.1) is 5.92 Å². The van der Waals surface area contributed by atoms with Gasteiger partial charge in [-0.25, -0.2) is 9.67 Å². The zero-order chi connectivity index (χ0) is 20.4. The molecule has 0 unspecified atom stereocenters. The smallest absolute Gasteiger partial charge is 0.306 e. The minimum absolute atomic E-state index is 0.0559. The Labute approximate surface area is 167 Å². The predicted molar refractivity (Wildman–Crippen MR) is 104 cm³/mol. The zero-order valence-electron chi connectivity index (χ0n) is 16.1. The van der Waals surface area contributed by atoms with Gasteiger partial charge < -0.3 is 14.6 Å². The number of carbonyl (C=O) groups is 2. The number of carboxylic acids is 1. The van der Waals surface area contributed by atoms with Crippen LogP contribution in [-0.4, -0.2) is 59.5 Å². The second-order valence-corrected chi connectivity index (χ2v) is 7.29. The zero-order valence-corrected chi connectivity index (χ0v) is 16.1. The Hall–Kier alpha value is -3.49. The molecule has 1 aromatic carbocycles. The predicted octanol–water partition coefficient (Wildman–Crippen LogP) is 1.66. The first-order valence-electron chi connectivity index (χ1n) is 9.49. The fraction of sp³-hybridized carbons (Fsp3) is 0.350. The van der Waals surface area contributed by atoms with Crippen LogP contribution in [0.5, 0.6) is 0 Å². The Balaban J connectivity index is 1.38. The van der Waals surface area contributed by atoms with E-state index in [0.717, 1.165) is 17.0 Å². The van der Waals surface area contributed by atoms with E-state index in [9.17, 15) is 9.59 Å². The molecular weight excluding hydrogens is 372 g/mol. The number of amides is 1. The van der Waals surface area contributed by atoms with Gasteiger partial charge in [0.1, 0.15) is 5.69 Å². The largest absolute Gasteiger partial charge is 0.481 e. The summed E-state index contributed by atoms with van der Waals surface area (Å²) in [5.41, 5.74) is 3.26. The van der Waals surface area contributed by atoms with Gasteiger partial charge in [-0.15, -0.1) is 5.10 Å². The number of nitrogens with zero attached hydrogens (tertiary/aromatic N) is 6. The number of aryl methyl sites for hydroxylation is 1. The highest BCUT2D eigenvalue weighted by Gasteiger charge is 2.27. The van der Waals surface area contributed by atoms with E-state index >= 15 is 0 Å². The molecule has 0 spiro atoms. The van der Waals surface area contributed by atoms with Gasteiger partial charge in [0, 0.05) is 25.7 Å². The highest BCUT2D eigenvalue weighted by molar-refractivity contribution is 5.94. The van der Waals surface area contributed by atoms with E-state index in [4.69, 9.17) is 5.11 Å². The van der Waals surface area contributed by atoms with E-state index in [2.05, 4.69) is 15.3 Å². The van der Waals surface area contributed by atoms with Crippen LogP contribution in [0.1, 0.15) is 28.8 Å². The first-order valence-corrected chi connectivity index (χ1v) is 9.49. The molecule has 9 nitrogen and oxygen atoms in total. The molecule has 1 aliphatic rings. The first kappa shape index (κ1) is 18.9. The van der Waals surface area contributed by atoms with Crippen molar-refractivity contribution in [3.63, 3.8) is 0 Å². The lowest BCUT2D eigenvalue weighted by molar-refractivity contribution is -0.143. The van der Waals surface area contributed by atoms with E-state index in [1.165, 1.54) is 0 Å². The topological polar surface area (TPSA) is 106 Å². The molecule has 0 saturated carbocycles. The number of piperidine rings is 1. The van der Waals surface area contributed by atoms with E-state index in [0.29, 0.717) is 38.0 Å². The van der Waals surface area contributed by atoms with Crippen molar-refractivity contribution < 1.29 is 14.7 Å². The molecule has 9 heteroatoms. The maximum atomic E-state index is 12.7. The molecule has 0 atom stereocenters. The summed E-state index contributed by atoms with van der Waals surface area (Å²) in [5, 5.41) is 17.4. The van der Waals surface area contributed by atoms with Gasteiger partial charge in [-0.05, 0) is 30.5 Å². The Bertz CT molecular complexity index is 1020. The molecule has 2 aromatic heterocycles. The van der Waals surface area contributed by atoms with Crippen LogP contribution in [0.4, 0.5) is 0 Å². The van der Waals surface area contributed by atoms with Crippen molar-refractivity contribution in [2.45, 2.75) is 19.4 Å². The summed E-state index contributed by atoms with van der Waals surface area (Å²) in [6, 6.07) is 7.42. The summed E-state index contributed by atoms with van der Waals surface area (Å²) in [6.07, 6.45) is 6.33. The van der Waals surface area contributed by atoms with Gasteiger partial charge >= 0.3 is 5.97 Å². The number of hydrogen-bond acceptors (Lipinski definition) is 5. The van der Waals surface area contributed by atoms with Crippen molar-refractivity contribution >= 4 is 11.9 Å². The molecule has 1 saturated heterocycles. The van der Waals surface area contributed by atoms with Crippen molar-refractivity contribution in [3.05, 3.63) is 54.1 Å². The second kappa shape index (κ2) is 7.86. The minimum atomic E-state index is -0.777. The third-order valence-corrected chi connectivity index (χ3v) is 5.29. The SMILES string of the molecule is Cn1cncc1-c1cn(Cc2ccc(C(=O)N3CCC(C(=O)O)CC3)cc2)nn1. The summed E-state index contributed by atoms with van der Waals surface area (Å²) >= 11 is 0. The van der Waals surface area contributed by atoms with E-state index in [-0.39, 0.29) is 11.8 Å². The number of imidazole rings is 1. The number of benzene rings is 1. The minimum Gasteiger partial charge on any atom is -0.481 e. The van der Waals surface area contributed by atoms with Gasteiger partial charge in [0.25, 0.3) is 5.91 Å². The molecular formula is C20H22N6O3. The Morgan fingerprint density at radius 2 is 1.90 bits per heavy atom. The van der Waals surface area contributed by atoms with Crippen LogP contribution in [0.2, 0.25) is 0 Å². The monoisotopic (exact) mass is 394 g/mol. The molecule has 3 heterocycles. The van der Waals surface area contributed by atoms with Crippen LogP contribution in [-0.2, 0) is 18.4 Å². The molecule has 3 aromatic rings. The fourth-order valence-electron chi connectivity index (χ4n) is 3.55. The van der Waals surface area contributed by atoms with Gasteiger partial charge in [-0.3, -0.25) is 9.59 Å². The number of likely N-dealkylation sites (tertiary alicyclic amines) is 1.